The molecule has 0 radical (unpaired) electrons. The number of carboxylic acids is 1. The summed E-state index contributed by atoms with van der Waals surface area (Å²) in [6.07, 6.45) is 0.194. The van der Waals surface area contributed by atoms with Gasteiger partial charge < -0.3 is 35.4 Å². The van der Waals surface area contributed by atoms with Gasteiger partial charge in [0.25, 0.3) is 0 Å². The van der Waals surface area contributed by atoms with Crippen LogP contribution in [-0.4, -0.2) is 72.1 Å². The zero-order chi connectivity index (χ0) is 30.5. The number of carbonyl (C=O) groups excluding carboxylic acids is 2. The summed E-state index contributed by atoms with van der Waals surface area (Å²) >= 11 is 6.21. The van der Waals surface area contributed by atoms with Crippen molar-refractivity contribution in [2.24, 2.45) is 11.8 Å². The molecule has 41 heavy (non-hydrogen) atoms. The highest BCUT2D eigenvalue weighted by Gasteiger charge is 2.30. The van der Waals surface area contributed by atoms with Crippen molar-refractivity contribution in [3.63, 3.8) is 0 Å². The quantitative estimate of drug-likeness (QED) is 0.187. The molecule has 5 N–H and O–H groups in total. The van der Waals surface area contributed by atoms with Gasteiger partial charge in [0.05, 0.1) is 30.3 Å². The zero-order valence-corrected chi connectivity index (χ0v) is 24.4. The van der Waals surface area contributed by atoms with E-state index in [-0.39, 0.29) is 19.4 Å². The highest BCUT2D eigenvalue weighted by Crippen LogP contribution is 2.28. The number of amides is 2. The second-order valence-corrected chi connectivity index (χ2v) is 10.2. The van der Waals surface area contributed by atoms with Gasteiger partial charge in [-0.15, -0.1) is 0 Å². The minimum Gasteiger partial charge on any atom is -0.495 e. The zero-order valence-electron chi connectivity index (χ0n) is 23.6. The second kappa shape index (κ2) is 16.7. The van der Waals surface area contributed by atoms with Crippen LogP contribution >= 0.6 is 11.6 Å². The number of hydrogen-bond acceptors (Lipinski definition) is 7. The predicted octanol–water partition coefficient (Wildman–Crippen LogP) is 2.90. The molecule has 6 atom stereocenters. The fraction of sp³-hybridized carbons (Fsp3) is 0.433. The Morgan fingerprint density at radius 1 is 1.05 bits per heavy atom. The largest absolute Gasteiger partial charge is 0.495 e. The van der Waals surface area contributed by atoms with Crippen LogP contribution in [0.25, 0.3) is 0 Å². The lowest BCUT2D eigenvalue weighted by molar-refractivity contribution is -0.141. The van der Waals surface area contributed by atoms with Crippen LogP contribution in [0.1, 0.15) is 37.5 Å². The number of rotatable bonds is 16. The summed E-state index contributed by atoms with van der Waals surface area (Å²) in [5.74, 6) is -3.15. The fourth-order valence-corrected chi connectivity index (χ4v) is 4.39. The molecule has 0 saturated heterocycles. The first-order valence-electron chi connectivity index (χ1n) is 13.2. The smallest absolute Gasteiger partial charge is 0.308 e. The number of carbonyl (C=O) groups is 3. The topological polar surface area (TPSA) is 154 Å². The standard InChI is InChI=1S/C30H39ClN2O8/c1-18(30(38)39)17-32-29(37)23(16-20-13-14-25(40-3)22(31)15-20)33-26(35)12-8-11-24(34)19(2)27(36)28(41-4)21-9-6-5-7-10-21/h5-10,12-15,18-19,23-24,27-28,34,36H,11,16-17H2,1-4H3,(H,32,37)(H,33,35)(H,38,39)/t18-,19+,23-,24?,27?,28?/m1/s1. The molecule has 0 aromatic heterocycles. The molecule has 0 fully saturated rings. The molecule has 224 valence electrons. The van der Waals surface area contributed by atoms with Crippen molar-refractivity contribution in [1.29, 1.82) is 0 Å². The Morgan fingerprint density at radius 2 is 1.73 bits per heavy atom. The van der Waals surface area contributed by atoms with Crippen LogP contribution < -0.4 is 15.4 Å². The Hall–Kier alpha value is -3.44. The Balaban J connectivity index is 2.05. The van der Waals surface area contributed by atoms with Crippen molar-refractivity contribution in [3.05, 3.63) is 76.8 Å². The van der Waals surface area contributed by atoms with Crippen LogP contribution in [-0.2, 0) is 25.5 Å². The van der Waals surface area contributed by atoms with Gasteiger partial charge in [0, 0.05) is 26.0 Å². The first-order chi connectivity index (χ1) is 19.5. The highest BCUT2D eigenvalue weighted by atomic mass is 35.5. The summed E-state index contributed by atoms with van der Waals surface area (Å²) in [4.78, 5) is 36.7. The van der Waals surface area contributed by atoms with E-state index >= 15 is 0 Å². The van der Waals surface area contributed by atoms with E-state index in [1.54, 1.807) is 25.1 Å². The molecule has 2 aromatic carbocycles. The van der Waals surface area contributed by atoms with E-state index in [1.807, 2.05) is 30.3 Å². The molecule has 0 spiro atoms. The van der Waals surface area contributed by atoms with Crippen LogP contribution in [0, 0.1) is 11.8 Å². The lowest BCUT2D eigenvalue weighted by Crippen LogP contribution is -2.48. The van der Waals surface area contributed by atoms with E-state index in [4.69, 9.17) is 26.2 Å². The molecule has 2 aromatic rings. The minimum absolute atomic E-state index is 0.0674. The third kappa shape index (κ3) is 10.5. The monoisotopic (exact) mass is 590 g/mol. The van der Waals surface area contributed by atoms with Crippen LogP contribution in [0.5, 0.6) is 5.75 Å². The molecule has 0 aliphatic rings. The van der Waals surface area contributed by atoms with Crippen molar-refractivity contribution >= 4 is 29.4 Å². The SMILES string of the molecule is COc1ccc(C[C@@H](NC(=O)C=CCC(O)[C@H](C)C(O)C(OC)c2ccccc2)C(=O)NC[C@@H](C)C(=O)O)cc1Cl. The Bertz CT molecular complexity index is 1180. The minimum atomic E-state index is -1.06. The van der Waals surface area contributed by atoms with Crippen molar-refractivity contribution in [1.82, 2.24) is 10.6 Å². The maximum Gasteiger partial charge on any atom is 0.308 e. The Kier molecular flexibility index (Phi) is 13.8. The van der Waals surface area contributed by atoms with E-state index in [9.17, 15) is 24.6 Å². The average molecular weight is 591 g/mol. The lowest BCUT2D eigenvalue weighted by atomic mass is 9.89. The molecule has 2 rings (SSSR count). The predicted molar refractivity (Wildman–Crippen MR) is 155 cm³/mol. The van der Waals surface area contributed by atoms with Gasteiger partial charge >= 0.3 is 5.97 Å². The molecular weight excluding hydrogens is 552 g/mol. The van der Waals surface area contributed by atoms with E-state index in [1.165, 1.54) is 33.3 Å². The van der Waals surface area contributed by atoms with Crippen molar-refractivity contribution in [2.75, 3.05) is 20.8 Å². The number of aliphatic hydroxyl groups is 2. The summed E-state index contributed by atoms with van der Waals surface area (Å²) < 4.78 is 10.6. The second-order valence-electron chi connectivity index (χ2n) is 9.84. The third-order valence-corrected chi connectivity index (χ3v) is 7.07. The van der Waals surface area contributed by atoms with E-state index in [2.05, 4.69) is 10.6 Å². The molecule has 3 unspecified atom stereocenters. The van der Waals surface area contributed by atoms with E-state index in [0.29, 0.717) is 16.3 Å². The number of aliphatic carboxylic acids is 1. The molecule has 0 aliphatic carbocycles. The van der Waals surface area contributed by atoms with Gasteiger partial charge in [0.1, 0.15) is 17.9 Å². The van der Waals surface area contributed by atoms with Crippen LogP contribution in [0.15, 0.2) is 60.7 Å². The average Bonchev–Trinajstić information content (AvgIpc) is 2.95. The normalized spacial score (nSPS) is 15.8. The van der Waals surface area contributed by atoms with Crippen molar-refractivity contribution in [3.8, 4) is 5.75 Å². The summed E-state index contributed by atoms with van der Waals surface area (Å²) in [5.41, 5.74) is 1.42. The number of benzene rings is 2. The van der Waals surface area contributed by atoms with Crippen molar-refractivity contribution in [2.45, 2.75) is 51.0 Å². The van der Waals surface area contributed by atoms with E-state index in [0.717, 1.165) is 5.56 Å². The fourth-order valence-electron chi connectivity index (χ4n) is 4.11. The van der Waals surface area contributed by atoms with Crippen LogP contribution in [0.3, 0.4) is 0 Å². The molecule has 10 nitrogen and oxygen atoms in total. The summed E-state index contributed by atoms with van der Waals surface area (Å²) in [6.45, 7) is 3.04. The lowest BCUT2D eigenvalue weighted by Gasteiger charge is -2.29. The number of nitrogens with one attached hydrogen (secondary N) is 2. The number of hydrogen-bond donors (Lipinski definition) is 5. The highest BCUT2D eigenvalue weighted by molar-refractivity contribution is 6.32. The molecule has 0 heterocycles. The van der Waals surface area contributed by atoms with Gasteiger partial charge in [0.15, 0.2) is 0 Å². The van der Waals surface area contributed by atoms with Crippen molar-refractivity contribution < 1.29 is 39.2 Å². The van der Waals surface area contributed by atoms with E-state index < -0.39 is 54.0 Å². The maximum absolute atomic E-state index is 12.9. The molecular formula is C30H39ClN2O8. The molecule has 0 saturated carbocycles. The maximum atomic E-state index is 12.9. The van der Waals surface area contributed by atoms with Gasteiger partial charge in [-0.05, 0) is 35.8 Å². The summed E-state index contributed by atoms with van der Waals surface area (Å²) in [5, 5.41) is 36.1. The van der Waals surface area contributed by atoms with Gasteiger partial charge in [-0.25, -0.2) is 0 Å². The first kappa shape index (κ1) is 33.8. The summed E-state index contributed by atoms with van der Waals surface area (Å²) in [6, 6.07) is 13.1. The molecule has 0 bridgehead atoms. The summed E-state index contributed by atoms with van der Waals surface area (Å²) in [7, 11) is 2.96. The Morgan fingerprint density at radius 3 is 2.32 bits per heavy atom. The molecule has 11 heteroatoms. The number of halogens is 1. The number of ether oxygens (including phenoxy) is 2. The van der Waals surface area contributed by atoms with Gasteiger partial charge in [-0.1, -0.05) is 67.9 Å². The van der Waals surface area contributed by atoms with Gasteiger partial charge in [-0.2, -0.15) is 0 Å². The number of carboxylic acid groups (broad SMARTS) is 1. The van der Waals surface area contributed by atoms with Crippen LogP contribution in [0.2, 0.25) is 5.02 Å². The number of methoxy groups -OCH3 is 2. The first-order valence-corrected chi connectivity index (χ1v) is 13.6. The molecule has 0 aliphatic heterocycles. The Labute approximate surface area is 245 Å². The number of aliphatic hydroxyl groups excluding tert-OH is 2. The van der Waals surface area contributed by atoms with Crippen LogP contribution in [0.4, 0.5) is 0 Å². The van der Waals surface area contributed by atoms with Gasteiger partial charge in [-0.3, -0.25) is 14.4 Å². The van der Waals surface area contributed by atoms with Gasteiger partial charge in [0.2, 0.25) is 11.8 Å². The molecule has 2 amide bonds. The third-order valence-electron chi connectivity index (χ3n) is 6.78.